The second-order valence-corrected chi connectivity index (χ2v) is 4.38. The smallest absolute Gasteiger partial charge is 0.411 e. The van der Waals surface area contributed by atoms with Crippen LogP contribution in [0.1, 0.15) is 0 Å². The summed E-state index contributed by atoms with van der Waals surface area (Å²) in [6.07, 6.45) is 0. The van der Waals surface area contributed by atoms with Crippen molar-refractivity contribution in [2.24, 2.45) is 0 Å². The number of hydrogen-bond acceptors (Lipinski definition) is 4. The Bertz CT molecular complexity index is 146. The summed E-state index contributed by atoms with van der Waals surface area (Å²) in [7, 11) is 7.31. The van der Waals surface area contributed by atoms with Crippen LogP contribution in [0.2, 0.25) is 0 Å². The van der Waals surface area contributed by atoms with Gasteiger partial charge in [-0.15, -0.1) is 0 Å². The Balaban J connectivity index is -0.0000000625. The largest absolute Gasteiger partial charge is 1.00 e. The van der Waals surface area contributed by atoms with E-state index in [0.717, 1.165) is 0 Å². The molecule has 0 aliphatic carbocycles. The second-order valence-electron chi connectivity index (χ2n) is 2.32. The number of nitrogens with zero attached hydrogens (tertiary/aromatic N) is 2. The topological polar surface area (TPSA) is 6.48 Å². The van der Waals surface area contributed by atoms with Crippen molar-refractivity contribution in [3.05, 3.63) is 0 Å². The first kappa shape index (κ1) is 25.2. The van der Waals surface area contributed by atoms with Crippen molar-refractivity contribution < 1.29 is 59.1 Å². The maximum Gasteiger partial charge on any atom is 1.00 e. The van der Waals surface area contributed by atoms with Gasteiger partial charge in [-0.1, -0.05) is 8.64 Å². The van der Waals surface area contributed by atoms with Crippen molar-refractivity contribution in [1.29, 1.82) is 0 Å². The maximum atomic E-state index is 4.56. The molecular weight excluding hydrogens is 274 g/mol. The minimum atomic E-state index is 0. The Morgan fingerprint density at radius 3 is 0.857 bits per heavy atom. The summed E-state index contributed by atoms with van der Waals surface area (Å²) in [5.41, 5.74) is 0. The third-order valence-corrected chi connectivity index (χ3v) is 2.19. The molecule has 14 heavy (non-hydrogen) atoms. The fourth-order valence-corrected chi connectivity index (χ4v) is 0. The Labute approximate surface area is 153 Å². The van der Waals surface area contributed by atoms with Crippen molar-refractivity contribution in [2.75, 3.05) is 28.2 Å². The van der Waals surface area contributed by atoms with Gasteiger partial charge in [0.15, 0.2) is 0 Å². The van der Waals surface area contributed by atoms with Crippen LogP contribution >= 0.6 is 24.4 Å². The van der Waals surface area contributed by atoms with E-state index >= 15 is 0 Å². The van der Waals surface area contributed by atoms with E-state index in [2.05, 4.69) is 49.7 Å². The maximum absolute atomic E-state index is 4.56. The summed E-state index contributed by atoms with van der Waals surface area (Å²) < 4.78 is 1.02. The fourth-order valence-electron chi connectivity index (χ4n) is 0. The van der Waals surface area contributed by atoms with Gasteiger partial charge in [-0.25, -0.2) is 0 Å². The zero-order valence-corrected chi connectivity index (χ0v) is 16.8. The van der Waals surface area contributed by atoms with E-state index in [4.69, 9.17) is 0 Å². The van der Waals surface area contributed by atoms with Gasteiger partial charge >= 0.3 is 59.1 Å². The summed E-state index contributed by atoms with van der Waals surface area (Å²) in [6.45, 7) is 0. The number of thiocarbonyl (C=S) groups is 2. The van der Waals surface area contributed by atoms with E-state index in [1.807, 2.05) is 28.2 Å². The summed E-state index contributed by atoms with van der Waals surface area (Å²) in [6, 6.07) is 0. The quantitative estimate of drug-likeness (QED) is 0.248. The molecule has 0 radical (unpaired) electrons. The number of rotatable bonds is 0. The van der Waals surface area contributed by atoms with E-state index in [-0.39, 0.29) is 59.1 Å². The normalized spacial score (nSPS) is 6.57. The predicted octanol–water partition coefficient (Wildman–Crippen LogP) is -5.23. The molecule has 0 aliphatic rings. The molecule has 0 aromatic carbocycles. The Hall–Kier alpha value is 2.22. The van der Waals surface area contributed by atoms with Crippen LogP contribution in [-0.4, -0.2) is 46.6 Å². The third-order valence-electron chi connectivity index (χ3n) is 0.730. The molecule has 0 bridgehead atoms. The average Bonchev–Trinajstić information content (AvgIpc) is 1.88. The number of hydrogen-bond donors (Lipinski definition) is 0. The van der Waals surface area contributed by atoms with E-state index in [9.17, 15) is 0 Å². The molecule has 0 unspecified atom stereocenters. The van der Waals surface area contributed by atoms with Gasteiger partial charge in [0.1, 0.15) is 0 Å². The fraction of sp³-hybridized carbons (Fsp3) is 0.667. The molecule has 8 heteroatoms. The minimum absolute atomic E-state index is 0. The first-order valence-corrected chi connectivity index (χ1v) is 4.69. The first-order valence-electron chi connectivity index (χ1n) is 3.05. The Morgan fingerprint density at radius 1 is 0.786 bits per heavy atom. The molecule has 0 N–H and O–H groups in total. The van der Waals surface area contributed by atoms with Gasteiger partial charge in [0, 0.05) is 28.2 Å². The van der Waals surface area contributed by atoms with Crippen molar-refractivity contribution in [1.82, 2.24) is 9.80 Å². The Kier molecular flexibility index (Phi) is 27.4. The van der Waals surface area contributed by atoms with E-state index < -0.39 is 0 Å². The summed E-state index contributed by atoms with van der Waals surface area (Å²) >= 11 is 18.2. The second kappa shape index (κ2) is 15.2. The van der Waals surface area contributed by atoms with E-state index in [0.29, 0.717) is 8.64 Å². The molecule has 0 rings (SSSR count). The third kappa shape index (κ3) is 23.8. The molecule has 0 aromatic heterocycles. The van der Waals surface area contributed by atoms with Crippen LogP contribution in [-0.2, 0) is 25.3 Å². The van der Waals surface area contributed by atoms with Crippen LogP contribution in [0.4, 0.5) is 0 Å². The first-order chi connectivity index (χ1) is 5.29. The zero-order chi connectivity index (χ0) is 10.3. The summed E-state index contributed by atoms with van der Waals surface area (Å²) in [5, 5.41) is 0. The molecule has 0 aliphatic heterocycles. The molecule has 0 spiro atoms. The zero-order valence-electron chi connectivity index (χ0n) is 9.53. The predicted molar refractivity (Wildman–Crippen MR) is 67.3 cm³/mol. The van der Waals surface area contributed by atoms with Gasteiger partial charge in [0.25, 0.3) is 0 Å². The molecular formula is C6H12N2Na2S4. The Morgan fingerprint density at radius 2 is 0.857 bits per heavy atom. The van der Waals surface area contributed by atoms with Gasteiger partial charge in [-0.05, 0) is 0 Å². The molecule has 0 fully saturated rings. The SMILES string of the molecule is CN(C)C(=S)[S-].CN(C)C(=S)[S-].[Na+].[Na+]. The molecule has 2 nitrogen and oxygen atoms in total. The standard InChI is InChI=1S/2C3H7NS2.2Na/c2*1-4(2)3(5)6;;/h2*1-2H3,(H,5,6);;/q;;2*+1/p-2. The van der Waals surface area contributed by atoms with Crippen molar-refractivity contribution in [3.63, 3.8) is 0 Å². The molecule has 0 atom stereocenters. The van der Waals surface area contributed by atoms with Crippen LogP contribution < -0.4 is 59.1 Å². The average molecular weight is 286 g/mol. The van der Waals surface area contributed by atoms with Gasteiger partial charge in [0.2, 0.25) is 0 Å². The van der Waals surface area contributed by atoms with Crippen LogP contribution in [0.15, 0.2) is 0 Å². The summed E-state index contributed by atoms with van der Waals surface area (Å²) in [5.74, 6) is 0. The van der Waals surface area contributed by atoms with E-state index in [1.54, 1.807) is 9.80 Å². The van der Waals surface area contributed by atoms with Crippen LogP contribution in [0.3, 0.4) is 0 Å². The molecule has 0 amide bonds. The molecule has 0 heterocycles. The van der Waals surface area contributed by atoms with Crippen molar-refractivity contribution >= 4 is 58.3 Å². The van der Waals surface area contributed by atoms with Crippen molar-refractivity contribution in [2.45, 2.75) is 0 Å². The monoisotopic (exact) mass is 286 g/mol. The van der Waals surface area contributed by atoms with Gasteiger partial charge in [-0.3, -0.25) is 0 Å². The van der Waals surface area contributed by atoms with Crippen LogP contribution in [0.25, 0.3) is 0 Å². The summed E-state index contributed by atoms with van der Waals surface area (Å²) in [4.78, 5) is 3.43. The molecule has 0 saturated heterocycles. The van der Waals surface area contributed by atoms with Crippen LogP contribution in [0, 0.1) is 0 Å². The van der Waals surface area contributed by atoms with Gasteiger partial charge in [0.05, 0.1) is 0 Å². The van der Waals surface area contributed by atoms with Crippen molar-refractivity contribution in [3.8, 4) is 0 Å². The van der Waals surface area contributed by atoms with Gasteiger partial charge < -0.3 is 59.5 Å². The van der Waals surface area contributed by atoms with Crippen LogP contribution in [0.5, 0.6) is 0 Å². The molecule has 0 saturated carbocycles. The minimum Gasteiger partial charge on any atom is -0.411 e. The molecule has 0 aromatic rings. The molecule has 72 valence electrons. The van der Waals surface area contributed by atoms with Gasteiger partial charge in [-0.2, -0.15) is 0 Å². The van der Waals surface area contributed by atoms with E-state index in [1.165, 1.54) is 0 Å².